The quantitative estimate of drug-likeness (QED) is 0.806. The number of aryl methyl sites for hydroxylation is 1. The largest absolute Gasteiger partial charge is 0.376 e. The summed E-state index contributed by atoms with van der Waals surface area (Å²) in [6.45, 7) is 1.76. The molecule has 0 aliphatic carbocycles. The Morgan fingerprint density at radius 2 is 1.68 bits per heavy atom. The molecule has 0 radical (unpaired) electrons. The Bertz CT molecular complexity index is 865. The van der Waals surface area contributed by atoms with Crippen LogP contribution < -0.4 is 10.6 Å². The number of carbonyl (C=O) groups is 1. The maximum Gasteiger partial charge on any atom is 0.243 e. The Hall–Kier alpha value is -2.09. The second kappa shape index (κ2) is 7.86. The van der Waals surface area contributed by atoms with Gasteiger partial charge in [-0.2, -0.15) is 0 Å². The van der Waals surface area contributed by atoms with Gasteiger partial charge in [-0.3, -0.25) is 4.79 Å². The fourth-order valence-corrected chi connectivity index (χ4v) is 3.38. The molecule has 0 unspecified atom stereocenters. The van der Waals surface area contributed by atoms with Crippen molar-refractivity contribution in [2.24, 2.45) is 0 Å². The van der Waals surface area contributed by atoms with Crippen LogP contribution in [0.4, 0.5) is 11.4 Å². The highest BCUT2D eigenvalue weighted by Gasteiger charge is 2.20. The predicted octanol–water partition coefficient (Wildman–Crippen LogP) is 2.95. The summed E-state index contributed by atoms with van der Waals surface area (Å²) in [4.78, 5) is 12.2. The fourth-order valence-electron chi connectivity index (χ4n) is 2.11. The smallest absolute Gasteiger partial charge is 0.243 e. The Kier molecular flexibility index (Phi) is 6.05. The molecule has 0 spiro atoms. The van der Waals surface area contributed by atoms with Gasteiger partial charge in [0.25, 0.3) is 0 Å². The molecule has 2 aromatic rings. The van der Waals surface area contributed by atoms with Gasteiger partial charge >= 0.3 is 0 Å². The first-order chi connectivity index (χ1) is 11.7. The second-order valence-electron chi connectivity index (χ2n) is 5.68. The van der Waals surface area contributed by atoms with Crippen LogP contribution in [0.15, 0.2) is 47.4 Å². The van der Waals surface area contributed by atoms with E-state index in [9.17, 15) is 13.2 Å². The third kappa shape index (κ3) is 4.94. The van der Waals surface area contributed by atoms with E-state index in [1.165, 1.54) is 20.2 Å². The predicted molar refractivity (Wildman–Crippen MR) is 101 cm³/mol. The highest BCUT2D eigenvalue weighted by Crippen LogP contribution is 2.22. The van der Waals surface area contributed by atoms with Crippen LogP contribution in [0.25, 0.3) is 0 Å². The average Bonchev–Trinajstić information content (AvgIpc) is 2.56. The molecular formula is C17H20ClN3O3S. The van der Waals surface area contributed by atoms with Gasteiger partial charge in [-0.1, -0.05) is 17.7 Å². The number of carbonyl (C=O) groups excluding carboxylic acids is 1. The van der Waals surface area contributed by atoms with E-state index in [4.69, 9.17) is 11.6 Å². The third-order valence-corrected chi connectivity index (χ3v) is 5.74. The number of nitrogens with zero attached hydrogens (tertiary/aromatic N) is 1. The Labute approximate surface area is 152 Å². The Balaban J connectivity index is 2.07. The maximum absolute atomic E-state index is 12.3. The van der Waals surface area contributed by atoms with E-state index in [1.54, 1.807) is 43.3 Å². The van der Waals surface area contributed by atoms with E-state index in [0.29, 0.717) is 16.3 Å². The van der Waals surface area contributed by atoms with Crippen LogP contribution in [-0.2, 0) is 14.8 Å². The van der Waals surface area contributed by atoms with E-state index in [-0.39, 0.29) is 17.3 Å². The molecule has 0 aliphatic heterocycles. The van der Waals surface area contributed by atoms with Gasteiger partial charge in [-0.05, 0) is 48.9 Å². The monoisotopic (exact) mass is 381 g/mol. The first-order valence-corrected chi connectivity index (χ1v) is 9.34. The lowest BCUT2D eigenvalue weighted by molar-refractivity contribution is -0.114. The average molecular weight is 382 g/mol. The van der Waals surface area contributed by atoms with Crippen molar-refractivity contribution in [1.29, 1.82) is 0 Å². The first kappa shape index (κ1) is 19.2. The lowest BCUT2D eigenvalue weighted by atomic mass is 10.2. The number of amides is 1. The first-order valence-electron chi connectivity index (χ1n) is 7.52. The standard InChI is InChI=1S/C17H20ClN3O3S/c1-12-4-7-15(10-16(12)25(23,24)21(2)3)20-17(22)11-19-14-8-5-13(18)6-9-14/h4-10,19H,11H2,1-3H3,(H,20,22). The van der Waals surface area contributed by atoms with Crippen molar-refractivity contribution in [3.05, 3.63) is 53.1 Å². The molecule has 8 heteroatoms. The van der Waals surface area contributed by atoms with Crippen LogP contribution >= 0.6 is 11.6 Å². The van der Waals surface area contributed by atoms with Crippen LogP contribution in [0.1, 0.15) is 5.56 Å². The van der Waals surface area contributed by atoms with Crippen LogP contribution in [0.3, 0.4) is 0 Å². The molecule has 0 saturated heterocycles. The van der Waals surface area contributed by atoms with Gasteiger partial charge in [0.2, 0.25) is 15.9 Å². The third-order valence-electron chi connectivity index (χ3n) is 3.53. The van der Waals surface area contributed by atoms with Crippen molar-refractivity contribution in [3.8, 4) is 0 Å². The molecule has 2 aromatic carbocycles. The zero-order valence-electron chi connectivity index (χ0n) is 14.2. The molecule has 134 valence electrons. The van der Waals surface area contributed by atoms with E-state index in [2.05, 4.69) is 10.6 Å². The summed E-state index contributed by atoms with van der Waals surface area (Å²) in [6.07, 6.45) is 0. The Morgan fingerprint density at radius 3 is 2.28 bits per heavy atom. The van der Waals surface area contributed by atoms with Crippen LogP contribution in [0.2, 0.25) is 5.02 Å². The van der Waals surface area contributed by atoms with E-state index < -0.39 is 10.0 Å². The highest BCUT2D eigenvalue weighted by molar-refractivity contribution is 7.89. The fraction of sp³-hybridized carbons (Fsp3) is 0.235. The summed E-state index contributed by atoms with van der Waals surface area (Å²) < 4.78 is 25.8. The van der Waals surface area contributed by atoms with Crippen molar-refractivity contribution >= 4 is 38.9 Å². The summed E-state index contributed by atoms with van der Waals surface area (Å²) in [5.41, 5.74) is 1.80. The highest BCUT2D eigenvalue weighted by atomic mass is 35.5. The molecule has 2 N–H and O–H groups in total. The summed E-state index contributed by atoms with van der Waals surface area (Å²) in [7, 11) is -0.635. The minimum atomic E-state index is -3.57. The van der Waals surface area contributed by atoms with Crippen LogP contribution in [0, 0.1) is 6.92 Å². The number of hydrogen-bond donors (Lipinski definition) is 2. The van der Waals surface area contributed by atoms with Crippen molar-refractivity contribution in [1.82, 2.24) is 4.31 Å². The normalized spacial score (nSPS) is 11.4. The summed E-state index contributed by atoms with van der Waals surface area (Å²) in [5.74, 6) is -0.285. The zero-order chi connectivity index (χ0) is 18.6. The molecule has 0 fully saturated rings. The molecule has 6 nitrogen and oxygen atoms in total. The minimum Gasteiger partial charge on any atom is -0.376 e. The molecule has 0 saturated carbocycles. The van der Waals surface area contributed by atoms with Crippen LogP contribution in [0.5, 0.6) is 0 Å². The Morgan fingerprint density at radius 1 is 1.08 bits per heavy atom. The molecule has 0 bridgehead atoms. The van der Waals surface area contributed by atoms with Crippen LogP contribution in [-0.4, -0.2) is 39.3 Å². The number of hydrogen-bond acceptors (Lipinski definition) is 4. The molecule has 0 atom stereocenters. The summed E-state index contributed by atoms with van der Waals surface area (Å²) >= 11 is 5.81. The number of nitrogens with one attached hydrogen (secondary N) is 2. The second-order valence-corrected chi connectivity index (χ2v) is 8.23. The minimum absolute atomic E-state index is 0.0469. The SMILES string of the molecule is Cc1ccc(NC(=O)CNc2ccc(Cl)cc2)cc1S(=O)(=O)N(C)C. The molecule has 25 heavy (non-hydrogen) atoms. The molecular weight excluding hydrogens is 362 g/mol. The van der Waals surface area contributed by atoms with E-state index >= 15 is 0 Å². The summed E-state index contributed by atoms with van der Waals surface area (Å²) in [5, 5.41) is 6.28. The number of anilines is 2. The lowest BCUT2D eigenvalue weighted by Crippen LogP contribution is -2.24. The zero-order valence-corrected chi connectivity index (χ0v) is 15.8. The van der Waals surface area contributed by atoms with E-state index in [0.717, 1.165) is 9.99 Å². The maximum atomic E-state index is 12.3. The summed E-state index contributed by atoms with van der Waals surface area (Å²) in [6, 6.07) is 11.8. The van der Waals surface area contributed by atoms with Gasteiger partial charge in [-0.25, -0.2) is 12.7 Å². The van der Waals surface area contributed by atoms with Gasteiger partial charge in [0.15, 0.2) is 0 Å². The van der Waals surface area contributed by atoms with Gasteiger partial charge in [0.1, 0.15) is 0 Å². The molecule has 0 heterocycles. The van der Waals surface area contributed by atoms with Crippen molar-refractivity contribution in [2.75, 3.05) is 31.3 Å². The van der Waals surface area contributed by atoms with Crippen molar-refractivity contribution in [2.45, 2.75) is 11.8 Å². The van der Waals surface area contributed by atoms with Gasteiger partial charge in [0.05, 0.1) is 11.4 Å². The van der Waals surface area contributed by atoms with Crippen molar-refractivity contribution < 1.29 is 13.2 Å². The molecule has 0 aromatic heterocycles. The lowest BCUT2D eigenvalue weighted by Gasteiger charge is -2.15. The van der Waals surface area contributed by atoms with Gasteiger partial charge < -0.3 is 10.6 Å². The number of rotatable bonds is 6. The van der Waals surface area contributed by atoms with Gasteiger partial charge in [-0.15, -0.1) is 0 Å². The number of sulfonamides is 1. The molecule has 0 aliphatic rings. The van der Waals surface area contributed by atoms with Crippen molar-refractivity contribution in [3.63, 3.8) is 0 Å². The number of benzene rings is 2. The van der Waals surface area contributed by atoms with E-state index in [1.807, 2.05) is 0 Å². The number of halogens is 1. The molecule has 1 amide bonds. The molecule has 2 rings (SSSR count). The van der Waals surface area contributed by atoms with Gasteiger partial charge in [0, 0.05) is 30.5 Å². The topological polar surface area (TPSA) is 78.5 Å².